The number of halogens is 1. The van der Waals surface area contributed by atoms with E-state index in [1.54, 1.807) is 38.3 Å². The summed E-state index contributed by atoms with van der Waals surface area (Å²) in [5, 5.41) is 3.63. The number of benzene rings is 2. The molecule has 0 unspecified atom stereocenters. The lowest BCUT2D eigenvalue weighted by Crippen LogP contribution is -2.50. The Hall–Kier alpha value is -2.29. The number of rotatable bonds is 9. The van der Waals surface area contributed by atoms with Crippen LogP contribution in [0.1, 0.15) is 25.3 Å². The number of carbonyl (C=O) groups is 1. The van der Waals surface area contributed by atoms with E-state index < -0.39 is 10.2 Å². The summed E-state index contributed by atoms with van der Waals surface area (Å²) in [4.78, 5) is 12.7. The summed E-state index contributed by atoms with van der Waals surface area (Å²) >= 11 is 5.90. The summed E-state index contributed by atoms with van der Waals surface area (Å²) in [7, 11) is -2.18. The predicted octanol–water partition coefficient (Wildman–Crippen LogP) is 3.49. The molecule has 1 heterocycles. The number of hydrogen-bond donors (Lipinski definition) is 1. The maximum Gasteiger partial charge on any atom is 0.304 e. The Labute approximate surface area is 195 Å². The molecule has 1 N–H and O–H groups in total. The first-order valence-corrected chi connectivity index (χ1v) is 12.6. The number of nitrogens with one attached hydrogen (secondary N) is 1. The van der Waals surface area contributed by atoms with Gasteiger partial charge in [0, 0.05) is 31.2 Å². The molecule has 1 saturated heterocycles. The van der Waals surface area contributed by atoms with Crippen LogP contribution in [0.15, 0.2) is 48.5 Å². The van der Waals surface area contributed by atoms with Crippen LogP contribution in [-0.4, -0.2) is 51.9 Å². The van der Waals surface area contributed by atoms with Gasteiger partial charge < -0.3 is 10.1 Å². The second kappa shape index (κ2) is 11.0. The molecular formula is C23H30ClN3O4S. The Bertz CT molecular complexity index is 997. The zero-order chi connectivity index (χ0) is 23.1. The van der Waals surface area contributed by atoms with Crippen molar-refractivity contribution in [1.82, 2.24) is 9.62 Å². The number of amides is 1. The average Bonchev–Trinajstić information content (AvgIpc) is 2.81. The average molecular weight is 480 g/mol. The van der Waals surface area contributed by atoms with E-state index in [4.69, 9.17) is 16.3 Å². The number of piperidine rings is 1. The fourth-order valence-corrected chi connectivity index (χ4v) is 5.71. The van der Waals surface area contributed by atoms with Crippen molar-refractivity contribution in [2.24, 2.45) is 5.92 Å². The van der Waals surface area contributed by atoms with E-state index >= 15 is 0 Å². The van der Waals surface area contributed by atoms with E-state index in [9.17, 15) is 13.2 Å². The zero-order valence-corrected chi connectivity index (χ0v) is 20.0. The summed E-state index contributed by atoms with van der Waals surface area (Å²) in [5.74, 6) is 0.195. The van der Waals surface area contributed by atoms with Gasteiger partial charge in [0.05, 0.1) is 18.7 Å². The molecule has 1 atom stereocenters. The van der Waals surface area contributed by atoms with Crippen molar-refractivity contribution in [3.8, 4) is 5.75 Å². The van der Waals surface area contributed by atoms with Crippen molar-refractivity contribution in [3.63, 3.8) is 0 Å². The Morgan fingerprint density at radius 1 is 1.19 bits per heavy atom. The minimum absolute atomic E-state index is 0.105. The quantitative estimate of drug-likeness (QED) is 0.597. The molecule has 0 spiro atoms. The molecule has 1 aliphatic rings. The van der Waals surface area contributed by atoms with E-state index in [1.165, 1.54) is 8.61 Å². The molecular weight excluding hydrogens is 450 g/mol. The third-order valence-corrected chi connectivity index (χ3v) is 7.90. The molecule has 2 aromatic rings. The van der Waals surface area contributed by atoms with Crippen LogP contribution in [0.2, 0.25) is 5.02 Å². The monoisotopic (exact) mass is 479 g/mol. The first-order chi connectivity index (χ1) is 15.3. The van der Waals surface area contributed by atoms with Gasteiger partial charge in [0.2, 0.25) is 5.91 Å². The van der Waals surface area contributed by atoms with Crippen LogP contribution >= 0.6 is 11.6 Å². The Morgan fingerprint density at radius 2 is 1.88 bits per heavy atom. The Balaban J connectivity index is 1.61. The lowest BCUT2D eigenvalue weighted by molar-refractivity contribution is -0.126. The molecule has 0 radical (unpaired) electrons. The van der Waals surface area contributed by atoms with Crippen LogP contribution in [0.25, 0.3) is 0 Å². The summed E-state index contributed by atoms with van der Waals surface area (Å²) < 4.78 is 34.6. The van der Waals surface area contributed by atoms with E-state index in [2.05, 4.69) is 5.32 Å². The van der Waals surface area contributed by atoms with Crippen LogP contribution in [0.3, 0.4) is 0 Å². The molecule has 1 fully saturated rings. The molecule has 174 valence electrons. The van der Waals surface area contributed by atoms with Gasteiger partial charge in [-0.15, -0.1) is 0 Å². The molecule has 1 amide bonds. The number of carbonyl (C=O) groups excluding carboxylic acids is 1. The van der Waals surface area contributed by atoms with E-state index in [-0.39, 0.29) is 18.4 Å². The molecule has 0 aliphatic carbocycles. The lowest BCUT2D eigenvalue weighted by atomic mass is 9.99. The van der Waals surface area contributed by atoms with Crippen LogP contribution in [0.5, 0.6) is 5.75 Å². The van der Waals surface area contributed by atoms with Crippen LogP contribution in [-0.2, 0) is 21.4 Å². The third-order valence-electron chi connectivity index (χ3n) is 5.63. The van der Waals surface area contributed by atoms with Crippen molar-refractivity contribution in [2.75, 3.05) is 37.6 Å². The Kier molecular flexibility index (Phi) is 8.39. The smallest absolute Gasteiger partial charge is 0.304 e. The van der Waals surface area contributed by atoms with Crippen LogP contribution < -0.4 is 14.4 Å². The van der Waals surface area contributed by atoms with E-state index in [0.29, 0.717) is 55.4 Å². The van der Waals surface area contributed by atoms with Crippen LogP contribution in [0.4, 0.5) is 5.69 Å². The summed E-state index contributed by atoms with van der Waals surface area (Å²) in [5.41, 5.74) is 1.66. The lowest BCUT2D eigenvalue weighted by Gasteiger charge is -2.35. The van der Waals surface area contributed by atoms with Crippen molar-refractivity contribution >= 4 is 33.4 Å². The highest BCUT2D eigenvalue weighted by Gasteiger charge is 2.35. The summed E-state index contributed by atoms with van der Waals surface area (Å²) in [6.45, 7) is 3.18. The van der Waals surface area contributed by atoms with Crippen LogP contribution in [0, 0.1) is 5.92 Å². The first kappa shape index (κ1) is 24.4. The molecule has 0 saturated carbocycles. The second-order valence-electron chi connectivity index (χ2n) is 7.74. The van der Waals surface area contributed by atoms with E-state index in [1.807, 2.05) is 24.3 Å². The number of nitrogens with zero attached hydrogens (tertiary/aromatic N) is 2. The number of hydrogen-bond acceptors (Lipinski definition) is 4. The van der Waals surface area contributed by atoms with Gasteiger partial charge >= 0.3 is 10.2 Å². The highest BCUT2D eigenvalue weighted by molar-refractivity contribution is 7.90. The highest BCUT2D eigenvalue weighted by atomic mass is 35.5. The molecule has 9 heteroatoms. The maximum atomic E-state index is 13.3. The van der Waals surface area contributed by atoms with Gasteiger partial charge in [-0.2, -0.15) is 12.7 Å². The van der Waals surface area contributed by atoms with Crippen molar-refractivity contribution in [1.29, 1.82) is 0 Å². The largest absolute Gasteiger partial charge is 0.497 e. The van der Waals surface area contributed by atoms with Gasteiger partial charge in [0.1, 0.15) is 5.75 Å². The van der Waals surface area contributed by atoms with Crippen molar-refractivity contribution in [3.05, 3.63) is 59.1 Å². The summed E-state index contributed by atoms with van der Waals surface area (Å²) in [6.07, 6.45) is 2.01. The molecule has 0 aromatic heterocycles. The molecule has 32 heavy (non-hydrogen) atoms. The normalized spacial score (nSPS) is 17.0. The van der Waals surface area contributed by atoms with Gasteiger partial charge in [-0.3, -0.25) is 9.10 Å². The number of anilines is 1. The molecule has 3 rings (SSSR count). The van der Waals surface area contributed by atoms with Gasteiger partial charge in [0.25, 0.3) is 0 Å². The highest BCUT2D eigenvalue weighted by Crippen LogP contribution is 2.26. The third kappa shape index (κ3) is 5.94. The topological polar surface area (TPSA) is 79.0 Å². The fourth-order valence-electron chi connectivity index (χ4n) is 3.86. The number of methoxy groups -OCH3 is 1. The van der Waals surface area contributed by atoms with Gasteiger partial charge in [-0.1, -0.05) is 23.7 Å². The summed E-state index contributed by atoms with van der Waals surface area (Å²) in [6, 6.07) is 14.4. The molecule has 2 aromatic carbocycles. The van der Waals surface area contributed by atoms with Crippen molar-refractivity contribution in [2.45, 2.75) is 26.2 Å². The molecule has 7 nitrogen and oxygen atoms in total. The van der Waals surface area contributed by atoms with E-state index in [0.717, 1.165) is 5.56 Å². The Morgan fingerprint density at radius 3 is 2.50 bits per heavy atom. The SMILES string of the molecule is CCN(c1ccc(OC)cc1)S(=O)(=O)N1CCC[C@H](C(=O)NCCc2ccc(Cl)cc2)C1. The second-order valence-corrected chi connectivity index (χ2v) is 10.0. The minimum atomic E-state index is -3.75. The molecule has 1 aliphatic heterocycles. The standard InChI is InChI=1S/C23H30ClN3O4S/c1-3-27(21-10-12-22(31-2)13-11-21)32(29,30)26-16-4-5-19(17-26)23(28)25-15-14-18-6-8-20(24)9-7-18/h6-13,19H,3-5,14-17H2,1-2H3,(H,25,28)/t19-/m0/s1. The minimum Gasteiger partial charge on any atom is -0.497 e. The molecule has 0 bridgehead atoms. The van der Waals surface area contributed by atoms with Gasteiger partial charge in [0.15, 0.2) is 0 Å². The maximum absolute atomic E-state index is 13.3. The van der Waals surface area contributed by atoms with Gasteiger partial charge in [-0.25, -0.2) is 0 Å². The fraction of sp³-hybridized carbons (Fsp3) is 0.435. The first-order valence-electron chi connectivity index (χ1n) is 10.8. The van der Waals surface area contributed by atoms with Crippen molar-refractivity contribution < 1.29 is 17.9 Å². The van der Waals surface area contributed by atoms with Gasteiger partial charge in [-0.05, 0) is 68.1 Å². The predicted molar refractivity (Wildman–Crippen MR) is 127 cm³/mol. The zero-order valence-electron chi connectivity index (χ0n) is 18.5. The number of ether oxygens (including phenoxy) is 1.